The van der Waals surface area contributed by atoms with E-state index in [1.165, 1.54) is 0 Å². The predicted octanol–water partition coefficient (Wildman–Crippen LogP) is 2.89. The highest BCUT2D eigenvalue weighted by atomic mass is 16.5. The van der Waals surface area contributed by atoms with Crippen LogP contribution in [-0.4, -0.2) is 48.3 Å². The molecular formula is C21H32N2O3. The zero-order chi connectivity index (χ0) is 18.6. The zero-order valence-electron chi connectivity index (χ0n) is 16.0. The summed E-state index contributed by atoms with van der Waals surface area (Å²) in [6, 6.07) is 8.06. The highest BCUT2D eigenvalue weighted by Gasteiger charge is 2.49. The van der Waals surface area contributed by atoms with Gasteiger partial charge >= 0.3 is 0 Å². The number of hydrogen-bond acceptors (Lipinski definition) is 4. The van der Waals surface area contributed by atoms with Crippen molar-refractivity contribution in [1.82, 2.24) is 10.2 Å². The highest BCUT2D eigenvalue weighted by molar-refractivity contribution is 5.78. The average Bonchev–Trinajstić information content (AvgIpc) is 2.66. The van der Waals surface area contributed by atoms with Gasteiger partial charge in [-0.1, -0.05) is 38.0 Å². The molecule has 1 aromatic rings. The van der Waals surface area contributed by atoms with Crippen LogP contribution in [-0.2, 0) is 4.79 Å². The Morgan fingerprint density at radius 1 is 1.35 bits per heavy atom. The van der Waals surface area contributed by atoms with Crippen molar-refractivity contribution in [3.8, 4) is 5.75 Å². The molecular weight excluding hydrogens is 328 g/mol. The second-order valence-electron chi connectivity index (χ2n) is 7.71. The first-order chi connectivity index (χ1) is 12.6. The number of rotatable bonds is 6. The number of likely N-dealkylation sites (tertiary alicyclic amines) is 1. The number of carbonyl (C=O) groups excluding carboxylic acids is 1. The van der Waals surface area contributed by atoms with Gasteiger partial charge < -0.3 is 15.2 Å². The Hall–Kier alpha value is -1.59. The van der Waals surface area contributed by atoms with Crippen molar-refractivity contribution in [2.24, 2.45) is 5.92 Å². The van der Waals surface area contributed by atoms with E-state index in [4.69, 9.17) is 4.74 Å². The van der Waals surface area contributed by atoms with E-state index in [1.54, 1.807) is 7.11 Å². The molecule has 2 aliphatic rings. The van der Waals surface area contributed by atoms with Crippen LogP contribution in [0.15, 0.2) is 24.3 Å². The third kappa shape index (κ3) is 3.89. The maximum absolute atomic E-state index is 12.4. The summed E-state index contributed by atoms with van der Waals surface area (Å²) in [6.45, 7) is 3.87. The number of amides is 1. The Morgan fingerprint density at radius 3 is 2.92 bits per heavy atom. The number of piperidine rings is 1. The Bertz CT molecular complexity index is 621. The first kappa shape index (κ1) is 19.2. The van der Waals surface area contributed by atoms with E-state index >= 15 is 0 Å². The molecule has 1 aromatic carbocycles. The van der Waals surface area contributed by atoms with Gasteiger partial charge in [0.1, 0.15) is 5.75 Å². The topological polar surface area (TPSA) is 61.8 Å². The number of methoxy groups -OCH3 is 1. The molecule has 1 amide bonds. The second-order valence-corrected chi connectivity index (χ2v) is 7.71. The van der Waals surface area contributed by atoms with Crippen LogP contribution < -0.4 is 10.1 Å². The minimum absolute atomic E-state index is 0.0116. The van der Waals surface area contributed by atoms with Gasteiger partial charge in [-0.05, 0) is 31.7 Å². The first-order valence-corrected chi connectivity index (χ1v) is 9.95. The molecule has 0 radical (unpaired) electrons. The second kappa shape index (κ2) is 8.40. The Kier molecular flexibility index (Phi) is 6.20. The summed E-state index contributed by atoms with van der Waals surface area (Å²) < 4.78 is 5.62. The number of para-hydroxylation sites is 1. The summed E-state index contributed by atoms with van der Waals surface area (Å²) in [7, 11) is 1.69. The number of nitrogens with zero attached hydrogens (tertiary/aromatic N) is 1. The SMILES string of the molecule is CCCNC(=O)CN1CCC2(O)CCCCC2C1c1ccccc1OC. The van der Waals surface area contributed by atoms with E-state index in [1.807, 2.05) is 18.2 Å². The number of hydrogen-bond donors (Lipinski definition) is 2. The van der Waals surface area contributed by atoms with Gasteiger partial charge in [-0.3, -0.25) is 9.69 Å². The molecule has 1 saturated heterocycles. The number of nitrogens with one attached hydrogen (secondary N) is 1. The fourth-order valence-corrected chi connectivity index (χ4v) is 4.75. The number of benzene rings is 1. The third-order valence-corrected chi connectivity index (χ3v) is 6.05. The van der Waals surface area contributed by atoms with Crippen molar-refractivity contribution in [1.29, 1.82) is 0 Å². The van der Waals surface area contributed by atoms with Crippen molar-refractivity contribution in [2.45, 2.75) is 57.1 Å². The monoisotopic (exact) mass is 360 g/mol. The molecule has 5 heteroatoms. The van der Waals surface area contributed by atoms with E-state index in [2.05, 4.69) is 23.2 Å². The quantitative estimate of drug-likeness (QED) is 0.819. The van der Waals surface area contributed by atoms with E-state index in [-0.39, 0.29) is 17.9 Å². The van der Waals surface area contributed by atoms with E-state index in [0.717, 1.165) is 56.4 Å². The molecule has 0 spiro atoms. The average molecular weight is 360 g/mol. The highest BCUT2D eigenvalue weighted by Crippen LogP contribution is 2.50. The normalized spacial score (nSPS) is 29.0. The van der Waals surface area contributed by atoms with Gasteiger partial charge in [0.05, 0.1) is 19.3 Å². The lowest BCUT2D eigenvalue weighted by atomic mass is 9.66. The lowest BCUT2D eigenvalue weighted by Gasteiger charge is -2.52. The molecule has 1 saturated carbocycles. The molecule has 5 nitrogen and oxygen atoms in total. The van der Waals surface area contributed by atoms with Crippen LogP contribution in [0, 0.1) is 5.92 Å². The molecule has 0 bridgehead atoms. The molecule has 2 fully saturated rings. The first-order valence-electron chi connectivity index (χ1n) is 9.95. The summed E-state index contributed by atoms with van der Waals surface area (Å²) in [5.74, 6) is 1.04. The molecule has 3 unspecified atom stereocenters. The standard InChI is InChI=1S/C21H32N2O3/c1-3-13-22-19(24)15-23-14-12-21(25)11-7-6-9-17(21)20(23)16-8-4-5-10-18(16)26-2/h4-5,8,10,17,20,25H,3,6-7,9,11-15H2,1-2H3,(H,22,24). The van der Waals surface area contributed by atoms with Gasteiger partial charge in [0, 0.05) is 30.6 Å². The van der Waals surface area contributed by atoms with Crippen LogP contribution in [0.4, 0.5) is 0 Å². The van der Waals surface area contributed by atoms with Crippen LogP contribution in [0.5, 0.6) is 5.75 Å². The minimum atomic E-state index is -0.625. The maximum Gasteiger partial charge on any atom is 0.234 e. The molecule has 1 heterocycles. The smallest absolute Gasteiger partial charge is 0.234 e. The number of ether oxygens (including phenoxy) is 1. The van der Waals surface area contributed by atoms with E-state index in [9.17, 15) is 9.90 Å². The van der Waals surface area contributed by atoms with Gasteiger partial charge in [-0.2, -0.15) is 0 Å². The van der Waals surface area contributed by atoms with Gasteiger partial charge in [0.2, 0.25) is 5.91 Å². The van der Waals surface area contributed by atoms with Crippen molar-refractivity contribution < 1.29 is 14.6 Å². The predicted molar refractivity (Wildman–Crippen MR) is 102 cm³/mol. The van der Waals surface area contributed by atoms with Crippen molar-refractivity contribution in [2.75, 3.05) is 26.7 Å². The fraction of sp³-hybridized carbons (Fsp3) is 0.667. The molecule has 1 aliphatic heterocycles. The molecule has 1 aliphatic carbocycles. The van der Waals surface area contributed by atoms with Gasteiger partial charge in [0.15, 0.2) is 0 Å². The summed E-state index contributed by atoms with van der Waals surface area (Å²) in [4.78, 5) is 14.6. The summed E-state index contributed by atoms with van der Waals surface area (Å²) in [5.41, 5.74) is 0.462. The lowest BCUT2D eigenvalue weighted by molar-refractivity contribution is -0.138. The molecule has 3 atom stereocenters. The van der Waals surface area contributed by atoms with Crippen molar-refractivity contribution >= 4 is 5.91 Å². The zero-order valence-corrected chi connectivity index (χ0v) is 16.0. The Balaban J connectivity index is 1.91. The van der Waals surface area contributed by atoms with Crippen LogP contribution in [0.2, 0.25) is 0 Å². The number of carbonyl (C=O) groups is 1. The Morgan fingerprint density at radius 2 is 2.15 bits per heavy atom. The lowest BCUT2D eigenvalue weighted by Crippen LogP contribution is -2.56. The minimum Gasteiger partial charge on any atom is -0.496 e. The van der Waals surface area contributed by atoms with Crippen LogP contribution in [0.3, 0.4) is 0 Å². The van der Waals surface area contributed by atoms with Gasteiger partial charge in [-0.15, -0.1) is 0 Å². The summed E-state index contributed by atoms with van der Waals surface area (Å²) in [6.07, 6.45) is 5.75. The Labute approximate surface area is 156 Å². The molecule has 0 aromatic heterocycles. The largest absolute Gasteiger partial charge is 0.496 e. The van der Waals surface area contributed by atoms with Crippen molar-refractivity contribution in [3.63, 3.8) is 0 Å². The molecule has 26 heavy (non-hydrogen) atoms. The maximum atomic E-state index is 12.4. The summed E-state index contributed by atoms with van der Waals surface area (Å²) in [5, 5.41) is 14.3. The fourth-order valence-electron chi connectivity index (χ4n) is 4.75. The summed E-state index contributed by atoms with van der Waals surface area (Å²) >= 11 is 0. The number of fused-ring (bicyclic) bond motifs is 1. The van der Waals surface area contributed by atoms with E-state index < -0.39 is 5.60 Å². The van der Waals surface area contributed by atoms with Gasteiger partial charge in [-0.25, -0.2) is 0 Å². The number of aliphatic hydroxyl groups is 1. The third-order valence-electron chi connectivity index (χ3n) is 6.05. The molecule has 144 valence electrons. The van der Waals surface area contributed by atoms with Crippen LogP contribution >= 0.6 is 0 Å². The van der Waals surface area contributed by atoms with E-state index in [0.29, 0.717) is 13.1 Å². The molecule has 2 N–H and O–H groups in total. The van der Waals surface area contributed by atoms with Crippen LogP contribution in [0.1, 0.15) is 57.1 Å². The molecule has 3 rings (SSSR count). The van der Waals surface area contributed by atoms with Crippen molar-refractivity contribution in [3.05, 3.63) is 29.8 Å². The van der Waals surface area contributed by atoms with Gasteiger partial charge in [0.25, 0.3) is 0 Å². The van der Waals surface area contributed by atoms with Crippen LogP contribution in [0.25, 0.3) is 0 Å².